The Kier molecular flexibility index (Phi) is 3.35. The van der Waals surface area contributed by atoms with Gasteiger partial charge in [-0.3, -0.25) is 4.79 Å². The summed E-state index contributed by atoms with van der Waals surface area (Å²) in [7, 11) is 1.37. The Balaban J connectivity index is 2.19. The first-order chi connectivity index (χ1) is 5.83. The third-order valence-electron chi connectivity index (χ3n) is 1.47. The van der Waals surface area contributed by atoms with Gasteiger partial charge in [-0.1, -0.05) is 12.2 Å². The fourth-order valence-electron chi connectivity index (χ4n) is 0.823. The maximum atomic E-state index is 10.7. The minimum atomic E-state index is -0.266. The minimum absolute atomic E-state index is 0.203. The van der Waals surface area contributed by atoms with Crippen LogP contribution in [0.5, 0.6) is 0 Å². The summed E-state index contributed by atoms with van der Waals surface area (Å²) in [6, 6.07) is 0. The molecule has 1 rings (SSSR count). The molecule has 1 aliphatic rings. The van der Waals surface area contributed by atoms with Crippen molar-refractivity contribution >= 4 is 5.97 Å². The number of nitrogens with zero attached hydrogens (tertiary/aromatic N) is 1. The number of nitrogens with one attached hydrogen (secondary N) is 1. The summed E-state index contributed by atoms with van der Waals surface area (Å²) in [4.78, 5) is 10.7. The average Bonchev–Trinajstić information content (AvgIpc) is 2.16. The van der Waals surface area contributed by atoms with E-state index in [4.69, 9.17) is 0 Å². The Bertz CT molecular complexity index is 211. The van der Waals surface area contributed by atoms with E-state index in [9.17, 15) is 4.79 Å². The molecule has 0 saturated carbocycles. The zero-order valence-electron chi connectivity index (χ0n) is 6.99. The Hall–Kier alpha value is -1.29. The Morgan fingerprint density at radius 1 is 1.67 bits per heavy atom. The average molecular weight is 168 g/mol. The maximum Gasteiger partial charge on any atom is 0.321 e. The molecule has 4 heteroatoms. The van der Waals surface area contributed by atoms with Crippen molar-refractivity contribution in [1.29, 1.82) is 0 Å². The molecular weight excluding hydrogens is 156 g/mol. The van der Waals surface area contributed by atoms with E-state index in [0.717, 1.165) is 6.54 Å². The van der Waals surface area contributed by atoms with Crippen LogP contribution >= 0.6 is 0 Å². The molecule has 66 valence electrons. The van der Waals surface area contributed by atoms with Gasteiger partial charge >= 0.3 is 5.97 Å². The van der Waals surface area contributed by atoms with Crippen LogP contribution in [0.15, 0.2) is 24.4 Å². The molecule has 0 saturated heterocycles. The largest absolute Gasteiger partial charge is 0.468 e. The van der Waals surface area contributed by atoms with Crippen LogP contribution in [0, 0.1) is 0 Å². The Morgan fingerprint density at radius 3 is 3.08 bits per heavy atom. The van der Waals surface area contributed by atoms with E-state index in [1.807, 2.05) is 29.4 Å². The van der Waals surface area contributed by atoms with Crippen LogP contribution in [0.2, 0.25) is 0 Å². The van der Waals surface area contributed by atoms with E-state index in [0.29, 0.717) is 0 Å². The Morgan fingerprint density at radius 2 is 2.50 bits per heavy atom. The summed E-state index contributed by atoms with van der Waals surface area (Å²) in [6.45, 7) is 0.974. The predicted octanol–water partition coefficient (Wildman–Crippen LogP) is 0.0495. The molecule has 0 aliphatic carbocycles. The molecule has 1 heterocycles. The van der Waals surface area contributed by atoms with Crippen LogP contribution < -0.4 is 5.43 Å². The molecule has 0 atom stereocenters. The van der Waals surface area contributed by atoms with Crippen LogP contribution in [-0.4, -0.2) is 31.2 Å². The highest BCUT2D eigenvalue weighted by atomic mass is 16.5. The smallest absolute Gasteiger partial charge is 0.321 e. The number of hydrogen-bond acceptors (Lipinski definition) is 4. The summed E-state index contributed by atoms with van der Waals surface area (Å²) in [6.07, 6.45) is 7.71. The number of carbonyl (C=O) groups excluding carboxylic acids is 1. The maximum absolute atomic E-state index is 10.7. The van der Waals surface area contributed by atoms with Gasteiger partial charge in [-0.05, 0) is 6.08 Å². The van der Waals surface area contributed by atoms with Crippen molar-refractivity contribution in [2.75, 3.05) is 20.2 Å². The number of esters is 1. The van der Waals surface area contributed by atoms with Crippen LogP contribution in [0.1, 0.15) is 0 Å². The lowest BCUT2D eigenvalue weighted by molar-refractivity contribution is -0.140. The normalized spacial score (nSPS) is 14.9. The fraction of sp³-hybridized carbons (Fsp3) is 0.375. The van der Waals surface area contributed by atoms with Crippen LogP contribution in [0.25, 0.3) is 0 Å². The van der Waals surface area contributed by atoms with E-state index in [1.54, 1.807) is 0 Å². The lowest BCUT2D eigenvalue weighted by Gasteiger charge is -2.20. The Labute approximate surface area is 71.5 Å². The minimum Gasteiger partial charge on any atom is -0.468 e. The van der Waals surface area contributed by atoms with Gasteiger partial charge in [0.05, 0.1) is 13.7 Å². The molecule has 1 aliphatic heterocycles. The molecule has 0 aromatic rings. The number of allylic oxidation sites excluding steroid dienone is 2. The highest BCUT2D eigenvalue weighted by Gasteiger charge is 2.02. The number of ether oxygens (including phenoxy) is 1. The van der Waals surface area contributed by atoms with Crippen molar-refractivity contribution in [3.63, 3.8) is 0 Å². The van der Waals surface area contributed by atoms with Gasteiger partial charge in [0.25, 0.3) is 0 Å². The molecule has 4 nitrogen and oxygen atoms in total. The van der Waals surface area contributed by atoms with Crippen molar-refractivity contribution in [2.24, 2.45) is 0 Å². The fourth-order valence-corrected chi connectivity index (χ4v) is 0.823. The van der Waals surface area contributed by atoms with E-state index >= 15 is 0 Å². The van der Waals surface area contributed by atoms with Gasteiger partial charge in [-0.15, -0.1) is 0 Å². The molecular formula is C8H12N2O2. The van der Waals surface area contributed by atoms with Gasteiger partial charge in [0.2, 0.25) is 0 Å². The van der Waals surface area contributed by atoms with Crippen molar-refractivity contribution < 1.29 is 9.53 Å². The first-order valence-corrected chi connectivity index (χ1v) is 3.73. The quantitative estimate of drug-likeness (QED) is 0.604. The third-order valence-corrected chi connectivity index (χ3v) is 1.47. The molecule has 0 spiro atoms. The highest BCUT2D eigenvalue weighted by molar-refractivity contribution is 5.71. The lowest BCUT2D eigenvalue weighted by Crippen LogP contribution is -2.38. The van der Waals surface area contributed by atoms with Crippen molar-refractivity contribution in [1.82, 2.24) is 10.4 Å². The molecule has 0 aromatic heterocycles. The summed E-state index contributed by atoms with van der Waals surface area (Å²) in [5.41, 5.74) is 2.89. The van der Waals surface area contributed by atoms with E-state index in [2.05, 4.69) is 10.2 Å². The first kappa shape index (κ1) is 8.80. The van der Waals surface area contributed by atoms with Crippen molar-refractivity contribution in [3.05, 3.63) is 24.4 Å². The molecule has 0 radical (unpaired) electrons. The van der Waals surface area contributed by atoms with Gasteiger partial charge in [0.1, 0.15) is 6.54 Å². The van der Waals surface area contributed by atoms with E-state index in [-0.39, 0.29) is 12.5 Å². The number of carbonyl (C=O) groups is 1. The molecule has 1 N–H and O–H groups in total. The summed E-state index contributed by atoms with van der Waals surface area (Å²) >= 11 is 0. The van der Waals surface area contributed by atoms with Gasteiger partial charge in [0, 0.05) is 6.20 Å². The molecule has 0 bridgehead atoms. The number of hydrogen-bond donors (Lipinski definition) is 1. The number of methoxy groups -OCH3 is 1. The molecule has 0 fully saturated rings. The zero-order chi connectivity index (χ0) is 8.81. The zero-order valence-corrected chi connectivity index (χ0v) is 6.99. The number of rotatable bonds is 3. The van der Waals surface area contributed by atoms with Gasteiger partial charge in [0.15, 0.2) is 0 Å². The second-order valence-corrected chi connectivity index (χ2v) is 2.33. The first-order valence-electron chi connectivity index (χ1n) is 3.73. The highest BCUT2D eigenvalue weighted by Crippen LogP contribution is 1.93. The lowest BCUT2D eigenvalue weighted by atomic mass is 10.4. The van der Waals surface area contributed by atoms with Crippen LogP contribution in [0.4, 0.5) is 0 Å². The summed E-state index contributed by atoms with van der Waals surface area (Å²) in [5, 5.41) is 1.82. The van der Waals surface area contributed by atoms with Crippen LogP contribution in [-0.2, 0) is 9.53 Å². The third kappa shape index (κ3) is 2.75. The topological polar surface area (TPSA) is 41.6 Å². The predicted molar refractivity (Wildman–Crippen MR) is 45.0 cm³/mol. The monoisotopic (exact) mass is 168 g/mol. The molecule has 12 heavy (non-hydrogen) atoms. The summed E-state index contributed by atoms with van der Waals surface area (Å²) < 4.78 is 4.47. The van der Waals surface area contributed by atoms with Crippen LogP contribution in [0.3, 0.4) is 0 Å². The SMILES string of the molecule is COC(=O)CNN1C=CC=CC1. The van der Waals surface area contributed by atoms with Crippen molar-refractivity contribution in [2.45, 2.75) is 0 Å². The second kappa shape index (κ2) is 4.56. The van der Waals surface area contributed by atoms with Gasteiger partial charge in [-0.2, -0.15) is 0 Å². The van der Waals surface area contributed by atoms with Gasteiger partial charge in [-0.25, -0.2) is 5.43 Å². The second-order valence-electron chi connectivity index (χ2n) is 2.33. The van der Waals surface area contributed by atoms with E-state index < -0.39 is 0 Å². The molecule has 0 amide bonds. The van der Waals surface area contributed by atoms with E-state index in [1.165, 1.54) is 7.11 Å². The summed E-state index contributed by atoms with van der Waals surface area (Å²) in [5.74, 6) is -0.266. The van der Waals surface area contributed by atoms with Crippen molar-refractivity contribution in [3.8, 4) is 0 Å². The molecule has 0 aromatic carbocycles. The molecule has 0 unspecified atom stereocenters. The standard InChI is InChI=1S/C8H12N2O2/c1-12-8(11)7-9-10-5-3-2-4-6-10/h2-5,9H,6-7H2,1H3. The number of hydrazine groups is 1. The van der Waals surface area contributed by atoms with Gasteiger partial charge < -0.3 is 9.75 Å².